The number of thioether (sulfide) groups is 1. The highest BCUT2D eigenvalue weighted by molar-refractivity contribution is 7.99. The van der Waals surface area contributed by atoms with Crippen molar-refractivity contribution >= 4 is 11.8 Å². The molecule has 0 heterocycles. The van der Waals surface area contributed by atoms with E-state index in [2.05, 4.69) is 13.8 Å². The van der Waals surface area contributed by atoms with E-state index in [1.54, 1.807) is 23.9 Å². The van der Waals surface area contributed by atoms with Gasteiger partial charge in [0.25, 0.3) is 0 Å². The largest absolute Gasteiger partial charge is 0.327 e. The first-order valence-corrected chi connectivity index (χ1v) is 6.26. The van der Waals surface area contributed by atoms with Gasteiger partial charge in [-0.25, -0.2) is 4.39 Å². The zero-order chi connectivity index (χ0) is 11.3. The zero-order valence-corrected chi connectivity index (χ0v) is 10.1. The minimum Gasteiger partial charge on any atom is -0.327 e. The van der Waals surface area contributed by atoms with Crippen LogP contribution in [0.1, 0.15) is 20.3 Å². The van der Waals surface area contributed by atoms with Gasteiger partial charge in [0.05, 0.1) is 0 Å². The lowest BCUT2D eigenvalue weighted by Gasteiger charge is -2.17. The SMILES string of the molecule is CCC(C)C(N)CSc1ccc(F)cc1. The van der Waals surface area contributed by atoms with Gasteiger partial charge < -0.3 is 5.73 Å². The first-order valence-electron chi connectivity index (χ1n) is 5.27. The Morgan fingerprint density at radius 3 is 2.47 bits per heavy atom. The summed E-state index contributed by atoms with van der Waals surface area (Å²) in [5, 5.41) is 0. The third-order valence-electron chi connectivity index (χ3n) is 2.63. The average molecular weight is 227 g/mol. The lowest BCUT2D eigenvalue weighted by atomic mass is 10.0. The van der Waals surface area contributed by atoms with Crippen molar-refractivity contribution in [1.29, 1.82) is 0 Å². The summed E-state index contributed by atoms with van der Waals surface area (Å²) in [4.78, 5) is 1.08. The maximum Gasteiger partial charge on any atom is 0.123 e. The third kappa shape index (κ3) is 4.22. The Kier molecular flexibility index (Phi) is 5.12. The number of benzene rings is 1. The predicted octanol–water partition coefficient (Wildman–Crippen LogP) is 3.29. The lowest BCUT2D eigenvalue weighted by molar-refractivity contribution is 0.475. The molecular formula is C12H18FNS. The molecule has 1 aromatic carbocycles. The van der Waals surface area contributed by atoms with Gasteiger partial charge in [-0.3, -0.25) is 0 Å². The van der Waals surface area contributed by atoms with Crippen LogP contribution in [0.5, 0.6) is 0 Å². The van der Waals surface area contributed by atoms with Crippen molar-refractivity contribution in [3.8, 4) is 0 Å². The van der Waals surface area contributed by atoms with Gasteiger partial charge in [0.1, 0.15) is 5.82 Å². The summed E-state index contributed by atoms with van der Waals surface area (Å²) in [5.74, 6) is 1.24. The highest BCUT2D eigenvalue weighted by Crippen LogP contribution is 2.21. The van der Waals surface area contributed by atoms with Crippen molar-refractivity contribution in [3.05, 3.63) is 30.1 Å². The summed E-state index contributed by atoms with van der Waals surface area (Å²) in [6, 6.07) is 6.77. The van der Waals surface area contributed by atoms with E-state index in [9.17, 15) is 4.39 Å². The number of hydrogen-bond acceptors (Lipinski definition) is 2. The summed E-state index contributed by atoms with van der Waals surface area (Å²) in [6.45, 7) is 4.31. The van der Waals surface area contributed by atoms with Crippen molar-refractivity contribution in [1.82, 2.24) is 0 Å². The summed E-state index contributed by atoms with van der Waals surface area (Å²) in [7, 11) is 0. The van der Waals surface area contributed by atoms with Crippen molar-refractivity contribution in [2.24, 2.45) is 11.7 Å². The van der Waals surface area contributed by atoms with Crippen molar-refractivity contribution in [3.63, 3.8) is 0 Å². The molecule has 15 heavy (non-hydrogen) atoms. The van der Waals surface area contributed by atoms with E-state index in [1.807, 2.05) is 0 Å². The summed E-state index contributed by atoms with van der Waals surface area (Å²) < 4.78 is 12.6. The van der Waals surface area contributed by atoms with Gasteiger partial charge >= 0.3 is 0 Å². The second kappa shape index (κ2) is 6.13. The highest BCUT2D eigenvalue weighted by atomic mass is 32.2. The molecule has 0 aliphatic rings. The van der Waals surface area contributed by atoms with Crippen LogP contribution in [0.15, 0.2) is 29.2 Å². The quantitative estimate of drug-likeness (QED) is 0.781. The molecule has 2 N–H and O–H groups in total. The minimum absolute atomic E-state index is 0.189. The van der Waals surface area contributed by atoms with Crippen LogP contribution in [-0.4, -0.2) is 11.8 Å². The molecular weight excluding hydrogens is 209 g/mol. The van der Waals surface area contributed by atoms with E-state index in [0.29, 0.717) is 5.92 Å². The Bertz CT molecular complexity index is 286. The molecule has 0 fully saturated rings. The van der Waals surface area contributed by atoms with E-state index in [1.165, 1.54) is 12.1 Å². The van der Waals surface area contributed by atoms with E-state index in [4.69, 9.17) is 5.73 Å². The molecule has 2 unspecified atom stereocenters. The van der Waals surface area contributed by atoms with Crippen LogP contribution in [0.4, 0.5) is 4.39 Å². The fourth-order valence-electron chi connectivity index (χ4n) is 1.19. The van der Waals surface area contributed by atoms with Crippen molar-refractivity contribution in [2.75, 3.05) is 5.75 Å². The Labute approximate surface area is 95.2 Å². The van der Waals surface area contributed by atoms with Gasteiger partial charge in [-0.05, 0) is 30.2 Å². The number of nitrogens with two attached hydrogens (primary N) is 1. The normalized spacial score (nSPS) is 14.9. The van der Waals surface area contributed by atoms with Crippen LogP contribution in [0.25, 0.3) is 0 Å². The number of halogens is 1. The molecule has 0 saturated heterocycles. The molecule has 0 bridgehead atoms. The Balaban J connectivity index is 2.40. The van der Waals surface area contributed by atoms with Gasteiger partial charge in [0.15, 0.2) is 0 Å². The third-order valence-corrected chi connectivity index (χ3v) is 3.79. The summed E-state index contributed by atoms with van der Waals surface area (Å²) >= 11 is 1.69. The van der Waals surface area contributed by atoms with E-state index >= 15 is 0 Å². The average Bonchev–Trinajstić information content (AvgIpc) is 2.26. The Morgan fingerprint density at radius 2 is 1.93 bits per heavy atom. The van der Waals surface area contributed by atoms with Crippen LogP contribution in [0.3, 0.4) is 0 Å². The maximum atomic E-state index is 12.6. The second-order valence-electron chi connectivity index (χ2n) is 3.81. The Morgan fingerprint density at radius 1 is 1.33 bits per heavy atom. The van der Waals surface area contributed by atoms with E-state index in [-0.39, 0.29) is 11.9 Å². The molecule has 1 nitrogen and oxygen atoms in total. The van der Waals surface area contributed by atoms with E-state index in [0.717, 1.165) is 17.1 Å². The molecule has 0 spiro atoms. The van der Waals surface area contributed by atoms with Gasteiger partial charge in [-0.15, -0.1) is 11.8 Å². The topological polar surface area (TPSA) is 26.0 Å². The number of rotatable bonds is 5. The molecule has 0 aliphatic carbocycles. The molecule has 84 valence electrons. The molecule has 3 heteroatoms. The zero-order valence-electron chi connectivity index (χ0n) is 9.24. The van der Waals surface area contributed by atoms with Gasteiger partial charge in [-0.2, -0.15) is 0 Å². The predicted molar refractivity (Wildman–Crippen MR) is 64.6 cm³/mol. The van der Waals surface area contributed by atoms with Crippen molar-refractivity contribution in [2.45, 2.75) is 31.2 Å². The molecule has 0 radical (unpaired) electrons. The number of hydrogen-bond donors (Lipinski definition) is 1. The highest BCUT2D eigenvalue weighted by Gasteiger charge is 2.10. The van der Waals surface area contributed by atoms with Crippen LogP contribution in [-0.2, 0) is 0 Å². The molecule has 0 aromatic heterocycles. The molecule has 0 amide bonds. The van der Waals surface area contributed by atoms with Crippen LogP contribution in [0.2, 0.25) is 0 Å². The first-order chi connectivity index (χ1) is 7.13. The first kappa shape index (κ1) is 12.5. The van der Waals surface area contributed by atoms with Crippen molar-refractivity contribution < 1.29 is 4.39 Å². The van der Waals surface area contributed by atoms with Crippen LogP contribution >= 0.6 is 11.8 Å². The van der Waals surface area contributed by atoms with Gasteiger partial charge in [0.2, 0.25) is 0 Å². The molecule has 0 saturated carbocycles. The van der Waals surface area contributed by atoms with Crippen LogP contribution < -0.4 is 5.73 Å². The maximum absolute atomic E-state index is 12.6. The Hall–Kier alpha value is -0.540. The lowest BCUT2D eigenvalue weighted by Crippen LogP contribution is -2.30. The molecule has 0 aliphatic heterocycles. The van der Waals surface area contributed by atoms with Gasteiger partial charge in [0, 0.05) is 16.7 Å². The minimum atomic E-state index is -0.189. The molecule has 2 atom stereocenters. The fourth-order valence-corrected chi connectivity index (χ4v) is 2.23. The molecule has 1 aromatic rings. The van der Waals surface area contributed by atoms with E-state index < -0.39 is 0 Å². The fraction of sp³-hybridized carbons (Fsp3) is 0.500. The standard InChI is InChI=1S/C12H18FNS/c1-3-9(2)12(14)8-15-11-6-4-10(13)5-7-11/h4-7,9,12H,3,8,14H2,1-2H3. The van der Waals surface area contributed by atoms with Crippen LogP contribution in [0, 0.1) is 11.7 Å². The second-order valence-corrected chi connectivity index (χ2v) is 4.91. The molecule has 1 rings (SSSR count). The summed E-state index contributed by atoms with van der Waals surface area (Å²) in [5.41, 5.74) is 6.01. The monoisotopic (exact) mass is 227 g/mol. The smallest absolute Gasteiger partial charge is 0.123 e. The summed E-state index contributed by atoms with van der Waals surface area (Å²) in [6.07, 6.45) is 1.10. The van der Waals surface area contributed by atoms with Gasteiger partial charge in [-0.1, -0.05) is 20.3 Å².